The monoisotopic (exact) mass is 485 g/mol. The molecule has 0 atom stereocenters. The summed E-state index contributed by atoms with van der Waals surface area (Å²) in [5.74, 6) is -0.709. The van der Waals surface area contributed by atoms with Gasteiger partial charge in [-0.1, -0.05) is 23.2 Å². The number of carbonyl (C=O) groups excluding carboxylic acids is 3. The van der Waals surface area contributed by atoms with Crippen LogP contribution in [0.15, 0.2) is 18.2 Å². The van der Waals surface area contributed by atoms with Crippen LogP contribution in [0.2, 0.25) is 10.0 Å². The predicted octanol–water partition coefficient (Wildman–Crippen LogP) is 4.74. The maximum absolute atomic E-state index is 12.7. The topological polar surface area (TPSA) is 102 Å². The van der Waals surface area contributed by atoms with E-state index in [-0.39, 0.29) is 35.4 Å². The molecule has 2 rings (SSSR count). The number of amides is 3. The maximum atomic E-state index is 12.7. The van der Waals surface area contributed by atoms with Crippen molar-refractivity contribution in [3.63, 3.8) is 0 Å². The lowest BCUT2D eigenvalue weighted by molar-refractivity contribution is -0.116. The molecule has 1 aromatic heterocycles. The van der Waals surface area contributed by atoms with E-state index in [1.807, 2.05) is 13.8 Å². The third kappa shape index (κ3) is 6.35. The van der Waals surface area contributed by atoms with E-state index >= 15 is 0 Å². The Balaban J connectivity index is 2.02. The van der Waals surface area contributed by atoms with Gasteiger partial charge in [0.15, 0.2) is 0 Å². The molecule has 0 saturated carbocycles. The van der Waals surface area contributed by atoms with Crippen LogP contribution in [0.4, 0.5) is 5.00 Å². The van der Waals surface area contributed by atoms with Crippen molar-refractivity contribution in [1.82, 2.24) is 4.90 Å². The summed E-state index contributed by atoms with van der Waals surface area (Å²) in [5.41, 5.74) is 6.15. The van der Waals surface area contributed by atoms with E-state index in [1.165, 1.54) is 0 Å². The molecule has 1 heterocycles. The first kappa shape index (κ1) is 25.0. The van der Waals surface area contributed by atoms with Gasteiger partial charge >= 0.3 is 0 Å². The summed E-state index contributed by atoms with van der Waals surface area (Å²) in [6.07, 6.45) is 0.575. The smallest absolute Gasteiger partial charge is 0.264 e. The molecule has 10 heteroatoms. The molecule has 31 heavy (non-hydrogen) atoms. The van der Waals surface area contributed by atoms with Gasteiger partial charge in [0.1, 0.15) is 10.8 Å². The van der Waals surface area contributed by atoms with Crippen molar-refractivity contribution in [2.75, 3.05) is 25.0 Å². The molecule has 168 valence electrons. The lowest BCUT2D eigenvalue weighted by Crippen LogP contribution is -2.30. The number of primary amides is 1. The van der Waals surface area contributed by atoms with Crippen molar-refractivity contribution in [2.45, 2.75) is 33.6 Å². The van der Waals surface area contributed by atoms with E-state index in [4.69, 9.17) is 33.7 Å². The van der Waals surface area contributed by atoms with Gasteiger partial charge in [0, 0.05) is 24.5 Å². The third-order valence-electron chi connectivity index (χ3n) is 4.59. The van der Waals surface area contributed by atoms with Crippen LogP contribution in [0.25, 0.3) is 0 Å². The van der Waals surface area contributed by atoms with E-state index < -0.39 is 5.91 Å². The molecule has 0 bridgehead atoms. The molecular formula is C21H25Cl2N3O4S. The number of nitrogens with zero attached hydrogens (tertiary/aromatic N) is 1. The summed E-state index contributed by atoms with van der Waals surface area (Å²) in [6, 6.07) is 4.90. The third-order valence-corrected chi connectivity index (χ3v) is 6.32. The first-order valence-electron chi connectivity index (χ1n) is 9.79. The fourth-order valence-electron chi connectivity index (χ4n) is 2.95. The van der Waals surface area contributed by atoms with E-state index in [1.54, 1.807) is 30.0 Å². The molecule has 1 aromatic carbocycles. The van der Waals surface area contributed by atoms with Gasteiger partial charge in [-0.3, -0.25) is 14.4 Å². The molecule has 0 aliphatic heterocycles. The molecule has 0 spiro atoms. The summed E-state index contributed by atoms with van der Waals surface area (Å²) in [7, 11) is 0. The summed E-state index contributed by atoms with van der Waals surface area (Å²) in [5, 5.41) is 3.89. The van der Waals surface area contributed by atoms with E-state index in [9.17, 15) is 14.4 Å². The second-order valence-electron chi connectivity index (χ2n) is 6.68. The Hall–Kier alpha value is -2.29. The standard InChI is InChI=1S/C21H25Cl2N3O4S/c1-4-26(5-2)21(29)18-12(3)17(19(24)28)20(31-18)25-16(27)7-6-10-30-15-9-8-13(22)11-14(15)23/h8-9,11H,4-7,10H2,1-3H3,(H2,24,28)(H,25,27). The number of anilines is 1. The van der Waals surface area contributed by atoms with Crippen LogP contribution >= 0.6 is 34.5 Å². The molecule has 7 nitrogen and oxygen atoms in total. The van der Waals surface area contributed by atoms with Crippen LogP contribution in [0.5, 0.6) is 5.75 Å². The molecular weight excluding hydrogens is 461 g/mol. The van der Waals surface area contributed by atoms with Crippen molar-refractivity contribution >= 4 is 57.3 Å². The number of rotatable bonds is 10. The SMILES string of the molecule is CCN(CC)C(=O)c1sc(NC(=O)CCCOc2ccc(Cl)cc2Cl)c(C(N)=O)c1C. The number of nitrogens with one attached hydrogen (secondary N) is 1. The van der Waals surface area contributed by atoms with Gasteiger partial charge in [-0.05, 0) is 51.0 Å². The summed E-state index contributed by atoms with van der Waals surface area (Å²) >= 11 is 13.0. The van der Waals surface area contributed by atoms with Crippen LogP contribution in [-0.4, -0.2) is 42.3 Å². The second-order valence-corrected chi connectivity index (χ2v) is 8.54. The minimum Gasteiger partial charge on any atom is -0.492 e. The first-order valence-corrected chi connectivity index (χ1v) is 11.4. The highest BCUT2D eigenvalue weighted by Gasteiger charge is 2.26. The highest BCUT2D eigenvalue weighted by atomic mass is 35.5. The first-order chi connectivity index (χ1) is 14.7. The zero-order chi connectivity index (χ0) is 23.1. The molecule has 3 N–H and O–H groups in total. The zero-order valence-corrected chi connectivity index (χ0v) is 19.9. The van der Waals surface area contributed by atoms with E-state index in [0.717, 1.165) is 11.3 Å². The van der Waals surface area contributed by atoms with Crippen molar-refractivity contribution < 1.29 is 19.1 Å². The zero-order valence-electron chi connectivity index (χ0n) is 17.6. The average Bonchev–Trinajstić information content (AvgIpc) is 3.03. The highest BCUT2D eigenvalue weighted by Crippen LogP contribution is 2.34. The second kappa shape index (κ2) is 11.4. The maximum Gasteiger partial charge on any atom is 0.264 e. The Bertz CT molecular complexity index is 974. The van der Waals surface area contributed by atoms with Gasteiger partial charge in [0.2, 0.25) is 5.91 Å². The fourth-order valence-corrected chi connectivity index (χ4v) is 4.61. The number of nitrogens with two attached hydrogens (primary N) is 1. The fraction of sp³-hybridized carbons (Fsp3) is 0.381. The number of ether oxygens (including phenoxy) is 1. The van der Waals surface area contributed by atoms with Gasteiger partial charge in [-0.2, -0.15) is 0 Å². The largest absolute Gasteiger partial charge is 0.492 e. The normalized spacial score (nSPS) is 10.6. The number of hydrogen-bond donors (Lipinski definition) is 2. The van der Waals surface area contributed by atoms with Crippen LogP contribution in [-0.2, 0) is 4.79 Å². The van der Waals surface area contributed by atoms with Gasteiger partial charge in [-0.15, -0.1) is 11.3 Å². The molecule has 2 aromatic rings. The van der Waals surface area contributed by atoms with Gasteiger partial charge in [0.05, 0.1) is 22.1 Å². The molecule has 0 saturated heterocycles. The van der Waals surface area contributed by atoms with Crippen molar-refractivity contribution in [3.05, 3.63) is 44.2 Å². The van der Waals surface area contributed by atoms with Crippen molar-refractivity contribution in [1.29, 1.82) is 0 Å². The van der Waals surface area contributed by atoms with Crippen molar-refractivity contribution in [2.24, 2.45) is 5.73 Å². The molecule has 3 amide bonds. The molecule has 0 aliphatic carbocycles. The number of carbonyl (C=O) groups is 3. The number of benzene rings is 1. The lowest BCUT2D eigenvalue weighted by atomic mass is 10.1. The average molecular weight is 486 g/mol. The Morgan fingerprint density at radius 1 is 1.19 bits per heavy atom. The number of hydrogen-bond acceptors (Lipinski definition) is 5. The summed E-state index contributed by atoms with van der Waals surface area (Å²) in [4.78, 5) is 39.1. The van der Waals surface area contributed by atoms with Crippen LogP contribution in [0.1, 0.15) is 52.3 Å². The Morgan fingerprint density at radius 2 is 1.87 bits per heavy atom. The van der Waals surface area contributed by atoms with Crippen molar-refractivity contribution in [3.8, 4) is 5.75 Å². The Morgan fingerprint density at radius 3 is 2.45 bits per heavy atom. The van der Waals surface area contributed by atoms with Gasteiger partial charge in [0.25, 0.3) is 11.8 Å². The van der Waals surface area contributed by atoms with Gasteiger partial charge < -0.3 is 20.7 Å². The van der Waals surface area contributed by atoms with E-state index in [2.05, 4.69) is 5.32 Å². The van der Waals surface area contributed by atoms with Gasteiger partial charge in [-0.25, -0.2) is 0 Å². The Labute approximate surface area is 195 Å². The van der Waals surface area contributed by atoms with E-state index in [0.29, 0.717) is 45.7 Å². The predicted molar refractivity (Wildman–Crippen MR) is 125 cm³/mol. The molecule has 0 radical (unpaired) electrons. The lowest BCUT2D eigenvalue weighted by Gasteiger charge is -2.17. The molecule has 0 unspecified atom stereocenters. The van der Waals surface area contributed by atoms with Crippen LogP contribution in [0, 0.1) is 6.92 Å². The summed E-state index contributed by atoms with van der Waals surface area (Å²) < 4.78 is 5.57. The number of thiophene rings is 1. The molecule has 0 aliphatic rings. The highest BCUT2D eigenvalue weighted by molar-refractivity contribution is 7.18. The van der Waals surface area contributed by atoms with Crippen LogP contribution in [0.3, 0.4) is 0 Å². The quantitative estimate of drug-likeness (QED) is 0.474. The minimum atomic E-state index is -0.691. The van der Waals surface area contributed by atoms with Crippen LogP contribution < -0.4 is 15.8 Å². The number of halogens is 2. The Kier molecular flexibility index (Phi) is 9.15. The summed E-state index contributed by atoms with van der Waals surface area (Å²) in [6.45, 7) is 6.76. The molecule has 0 fully saturated rings. The minimum absolute atomic E-state index is 0.152.